The number of hydrogen-bond donors (Lipinski definition) is 3. The zero-order valence-corrected chi connectivity index (χ0v) is 37.3. The molecule has 0 saturated carbocycles. The highest BCUT2D eigenvalue weighted by atomic mass is 31.2. The van der Waals surface area contributed by atoms with Crippen LogP contribution in [0.2, 0.25) is 0 Å². The predicted molar refractivity (Wildman–Crippen MR) is 231 cm³/mol. The monoisotopic (exact) mass is 832 g/mol. The summed E-state index contributed by atoms with van der Waals surface area (Å²) in [6.07, 6.45) is 41.3. The van der Waals surface area contributed by atoms with Gasteiger partial charge in [0.1, 0.15) is 12.6 Å². The van der Waals surface area contributed by atoms with E-state index in [1.807, 2.05) is 0 Å². The lowest BCUT2D eigenvalue weighted by atomic mass is 10.0. The molecule has 1 unspecified atom stereocenters. The van der Waals surface area contributed by atoms with Crippen molar-refractivity contribution in [1.82, 2.24) is 0 Å². The molecule has 0 bridgehead atoms. The normalized spacial score (nSPS) is 13.8. The highest BCUT2D eigenvalue weighted by molar-refractivity contribution is 7.47. The maximum atomic E-state index is 12.6. The molecule has 0 aliphatic rings. The molecule has 0 aromatic heterocycles. The minimum atomic E-state index is -4.71. The first kappa shape index (κ1) is 55.2. The van der Waals surface area contributed by atoms with Crippen molar-refractivity contribution in [2.24, 2.45) is 5.73 Å². The molecule has 0 rings (SSSR count). The summed E-state index contributed by atoms with van der Waals surface area (Å²) in [5.41, 5.74) is 5.34. The predicted octanol–water partition coefficient (Wildman–Crippen LogP) is 12.5. The maximum Gasteiger partial charge on any atom is 0.472 e. The number of phosphoric ester groups is 1. The zero-order valence-electron chi connectivity index (χ0n) is 36.5. The van der Waals surface area contributed by atoms with Crippen molar-refractivity contribution in [3.05, 3.63) is 12.2 Å². The molecule has 11 nitrogen and oxygen atoms in total. The van der Waals surface area contributed by atoms with Gasteiger partial charge in [0, 0.05) is 12.8 Å². The fourth-order valence-corrected chi connectivity index (χ4v) is 7.37. The third-order valence-corrected chi connectivity index (χ3v) is 11.2. The fraction of sp³-hybridized carbons (Fsp3) is 0.889. The summed E-state index contributed by atoms with van der Waals surface area (Å²) in [6.45, 7) is 2.82. The third kappa shape index (κ3) is 40.8. The first-order valence-electron chi connectivity index (χ1n) is 23.2. The smallest absolute Gasteiger partial charge is 0.472 e. The molecule has 4 N–H and O–H groups in total. The van der Waals surface area contributed by atoms with Crippen LogP contribution in [0.5, 0.6) is 0 Å². The number of aliphatic carboxylic acids is 1. The number of ether oxygens (including phenoxy) is 2. The van der Waals surface area contributed by atoms with E-state index in [-0.39, 0.29) is 19.4 Å². The largest absolute Gasteiger partial charge is 0.480 e. The number of allylic oxidation sites excluding steroid dienone is 2. The Bertz CT molecular complexity index is 1030. The van der Waals surface area contributed by atoms with E-state index in [1.54, 1.807) is 0 Å². The van der Waals surface area contributed by atoms with E-state index in [0.717, 1.165) is 57.8 Å². The van der Waals surface area contributed by atoms with Gasteiger partial charge in [0.15, 0.2) is 6.10 Å². The van der Waals surface area contributed by atoms with Crippen LogP contribution in [-0.4, -0.2) is 59.9 Å². The number of nitrogens with two attached hydrogens (primary N) is 1. The Morgan fingerprint density at radius 1 is 0.526 bits per heavy atom. The summed E-state index contributed by atoms with van der Waals surface area (Å²) in [6, 6.07) is -1.52. The van der Waals surface area contributed by atoms with Crippen molar-refractivity contribution in [2.45, 2.75) is 238 Å². The molecule has 0 aromatic carbocycles. The Morgan fingerprint density at radius 3 is 1.28 bits per heavy atom. The van der Waals surface area contributed by atoms with Crippen LogP contribution < -0.4 is 5.73 Å². The van der Waals surface area contributed by atoms with Gasteiger partial charge in [-0.05, 0) is 38.5 Å². The molecule has 3 atom stereocenters. The molecule has 0 saturated heterocycles. The van der Waals surface area contributed by atoms with Gasteiger partial charge in [0.2, 0.25) is 0 Å². The van der Waals surface area contributed by atoms with Crippen LogP contribution in [0.1, 0.15) is 226 Å². The topological polar surface area (TPSA) is 172 Å². The van der Waals surface area contributed by atoms with E-state index >= 15 is 0 Å². The van der Waals surface area contributed by atoms with E-state index in [0.29, 0.717) is 12.8 Å². The number of carbonyl (C=O) groups is 3. The van der Waals surface area contributed by atoms with Gasteiger partial charge in [-0.2, -0.15) is 0 Å². The Balaban J connectivity index is 4.28. The van der Waals surface area contributed by atoms with Crippen LogP contribution in [0.4, 0.5) is 0 Å². The second-order valence-corrected chi connectivity index (χ2v) is 17.3. The molecule has 0 amide bonds. The maximum absolute atomic E-state index is 12.6. The van der Waals surface area contributed by atoms with Crippen molar-refractivity contribution >= 4 is 25.7 Å². The molecule has 0 aliphatic heterocycles. The summed E-state index contributed by atoms with van der Waals surface area (Å²) in [7, 11) is -4.71. The molecule has 0 aromatic rings. The number of hydrogen-bond acceptors (Lipinski definition) is 9. The van der Waals surface area contributed by atoms with Gasteiger partial charge in [0.25, 0.3) is 0 Å². The van der Waals surface area contributed by atoms with Crippen molar-refractivity contribution < 1.29 is 47.5 Å². The summed E-state index contributed by atoms with van der Waals surface area (Å²) in [5.74, 6) is -2.37. The van der Waals surface area contributed by atoms with Crippen LogP contribution in [-0.2, 0) is 37.5 Å². The number of unbranched alkanes of at least 4 members (excludes halogenated alkanes) is 28. The molecule has 0 aliphatic carbocycles. The van der Waals surface area contributed by atoms with Crippen molar-refractivity contribution in [3.63, 3.8) is 0 Å². The second kappa shape index (κ2) is 41.0. The average Bonchev–Trinajstić information content (AvgIpc) is 3.19. The lowest BCUT2D eigenvalue weighted by molar-refractivity contribution is -0.161. The van der Waals surface area contributed by atoms with E-state index in [2.05, 4.69) is 30.5 Å². The summed E-state index contributed by atoms with van der Waals surface area (Å²) in [4.78, 5) is 46.0. The molecular formula is C45H86NO10P. The lowest BCUT2D eigenvalue weighted by Gasteiger charge is -2.20. The fourth-order valence-electron chi connectivity index (χ4n) is 6.59. The second-order valence-electron chi connectivity index (χ2n) is 15.9. The Morgan fingerprint density at radius 2 is 0.877 bits per heavy atom. The molecule has 0 fully saturated rings. The average molecular weight is 832 g/mol. The van der Waals surface area contributed by atoms with Crippen LogP contribution in [0, 0.1) is 0 Å². The number of carboxylic acids is 1. The standard InChI is InChI=1S/C45H86NO10P/c1-3-5-7-9-11-13-15-17-19-20-21-22-23-25-27-29-31-33-35-37-44(48)56-41(39-54-57(51,52)55-40-42(46)45(49)50)38-53-43(47)36-34-32-30-28-26-24-18-16-14-12-10-8-6-4-2/h16,18,41-42H,3-15,17,19-40,46H2,1-2H3,(H,49,50)(H,51,52)/b18-16+/t41-,42+/m1/s1. The number of esters is 2. The molecule has 0 radical (unpaired) electrons. The summed E-state index contributed by atoms with van der Waals surface area (Å²) < 4.78 is 32.7. The van der Waals surface area contributed by atoms with E-state index < -0.39 is 51.1 Å². The molecule has 57 heavy (non-hydrogen) atoms. The molecular weight excluding hydrogens is 745 g/mol. The van der Waals surface area contributed by atoms with Crippen LogP contribution >= 0.6 is 7.82 Å². The number of phosphoric acid groups is 1. The van der Waals surface area contributed by atoms with Gasteiger partial charge in [-0.3, -0.25) is 23.4 Å². The van der Waals surface area contributed by atoms with E-state index in [9.17, 15) is 23.8 Å². The third-order valence-electron chi connectivity index (χ3n) is 10.3. The first-order valence-corrected chi connectivity index (χ1v) is 24.7. The van der Waals surface area contributed by atoms with Crippen LogP contribution in [0.15, 0.2) is 12.2 Å². The summed E-state index contributed by atoms with van der Waals surface area (Å²) in [5, 5.41) is 8.89. The van der Waals surface area contributed by atoms with Crippen molar-refractivity contribution in [1.29, 1.82) is 0 Å². The summed E-state index contributed by atoms with van der Waals surface area (Å²) >= 11 is 0. The Labute approximate surface area is 348 Å². The van der Waals surface area contributed by atoms with Gasteiger partial charge in [0.05, 0.1) is 13.2 Å². The highest BCUT2D eigenvalue weighted by Gasteiger charge is 2.28. The van der Waals surface area contributed by atoms with Gasteiger partial charge < -0.3 is 25.2 Å². The van der Waals surface area contributed by atoms with Crippen molar-refractivity contribution in [2.75, 3.05) is 19.8 Å². The Kier molecular flexibility index (Phi) is 39.7. The minimum absolute atomic E-state index is 0.166. The number of carboxylic acid groups (broad SMARTS) is 1. The molecule has 12 heteroatoms. The van der Waals surface area contributed by atoms with Crippen molar-refractivity contribution in [3.8, 4) is 0 Å². The minimum Gasteiger partial charge on any atom is -0.480 e. The zero-order chi connectivity index (χ0) is 42.1. The quantitative estimate of drug-likeness (QED) is 0.0231. The number of carbonyl (C=O) groups excluding carboxylic acids is 2. The van der Waals surface area contributed by atoms with Gasteiger partial charge >= 0.3 is 25.7 Å². The Hall–Kier alpha value is -1.78. The van der Waals surface area contributed by atoms with E-state index in [4.69, 9.17) is 24.8 Å². The van der Waals surface area contributed by atoms with Gasteiger partial charge in [-0.15, -0.1) is 0 Å². The van der Waals surface area contributed by atoms with Crippen LogP contribution in [0.25, 0.3) is 0 Å². The molecule has 336 valence electrons. The first-order chi connectivity index (χ1) is 27.6. The van der Waals surface area contributed by atoms with E-state index in [1.165, 1.54) is 128 Å². The lowest BCUT2D eigenvalue weighted by Crippen LogP contribution is -2.34. The van der Waals surface area contributed by atoms with Crippen LogP contribution in [0.3, 0.4) is 0 Å². The highest BCUT2D eigenvalue weighted by Crippen LogP contribution is 2.43. The molecule has 0 spiro atoms. The number of rotatable bonds is 44. The SMILES string of the molecule is CCCCCCC/C=C/CCCCCCCC(=O)OC[C@H](COP(=O)(O)OC[C@H](N)C(=O)O)OC(=O)CCCCCCCCCCCCCCCCCCCCC. The van der Waals surface area contributed by atoms with Gasteiger partial charge in [-0.25, -0.2) is 4.57 Å². The van der Waals surface area contributed by atoms with Gasteiger partial charge in [-0.1, -0.05) is 187 Å². The molecule has 0 heterocycles.